The second kappa shape index (κ2) is 27.9. The summed E-state index contributed by atoms with van der Waals surface area (Å²) in [5, 5.41) is 32.7. The second-order valence-electron chi connectivity index (χ2n) is 22.8. The molecule has 3 aromatic rings. The summed E-state index contributed by atoms with van der Waals surface area (Å²) in [5.41, 5.74) is -7.26. The third-order valence-electron chi connectivity index (χ3n) is 17.2. The zero-order valence-corrected chi connectivity index (χ0v) is 48.7. The van der Waals surface area contributed by atoms with Crippen LogP contribution in [0.25, 0.3) is 0 Å². The maximum atomic E-state index is 15.8. The summed E-state index contributed by atoms with van der Waals surface area (Å²) < 4.78 is 48.5. The quantitative estimate of drug-likeness (QED) is 0.0229. The molecule has 3 aliphatic carbocycles. The Morgan fingerprint density at radius 1 is 0.771 bits per heavy atom. The maximum Gasteiger partial charge on any atom is 0.348 e. The molecule has 3 aromatic carbocycles. The summed E-state index contributed by atoms with van der Waals surface area (Å²) in [4.78, 5) is 112. The van der Waals surface area contributed by atoms with Crippen molar-refractivity contribution in [2.45, 2.75) is 153 Å². The number of hydrogen-bond donors (Lipinski definition) is 4. The number of ether oxygens (including phenoxy) is 8. The van der Waals surface area contributed by atoms with Crippen molar-refractivity contribution in [3.63, 3.8) is 0 Å². The minimum Gasteiger partial charge on any atom is -0.455 e. The SMILES string of the molecule is CN[C@H](CCCCNCCCOCCOCC(=O)O[C@@H](C(=O)O[C@H]1C[C@@]2(O)[C@@H](OC(=O)c3ccccc3)[C@@H]3[C@]4(OC(C)=O)CO[C@@H]4C[C@H](O)[C@@]3(C)C(=O)[C@H](OC(C)=O)C(=C1C)C2(C)C)[C@@H](CC(=O)c1ccccc1)c1ccccc1)C(C)=O. The standard InChI is InChI=1S/C63H80N2O18/c1-38-48(35-63(75)57(82-58(73)44-25-16-11-17-26-44)55-61(7,49(70)34-50-62(55,37-78-50)83-41(4)68)56(72)54(79-40(3)67)52(38)60(63,5)6)80-59(74)53(45(42-21-12-9-13-22-42)33-47(69)43-23-14-10-15-24-43)81-51(71)36-77-32-31-76-30-20-29-65-28-19-18-27-46(64-8)39(2)66/h9-17,21-26,45-46,48-50,53-55,57,64-65,70,75H,18-20,27-37H2,1-8H3/t45-,46+,48-,49-,50+,53+,54+,55-,57-,61+,62-,63+/m0/s1. The molecule has 0 spiro atoms. The van der Waals surface area contributed by atoms with E-state index >= 15 is 9.59 Å². The van der Waals surface area contributed by atoms with Crippen molar-refractivity contribution < 1.29 is 86.5 Å². The van der Waals surface area contributed by atoms with E-state index in [0.29, 0.717) is 30.7 Å². The Morgan fingerprint density at radius 3 is 2.00 bits per heavy atom. The van der Waals surface area contributed by atoms with Crippen molar-refractivity contribution in [2.24, 2.45) is 16.7 Å². The van der Waals surface area contributed by atoms with Crippen LogP contribution in [0.2, 0.25) is 0 Å². The first-order chi connectivity index (χ1) is 39.5. The molecule has 83 heavy (non-hydrogen) atoms. The molecule has 1 saturated heterocycles. The van der Waals surface area contributed by atoms with Crippen LogP contribution < -0.4 is 10.6 Å². The van der Waals surface area contributed by atoms with Crippen LogP contribution in [-0.4, -0.2) is 164 Å². The number of hydrogen-bond acceptors (Lipinski definition) is 20. The van der Waals surface area contributed by atoms with Crippen molar-refractivity contribution in [2.75, 3.05) is 53.2 Å². The van der Waals surface area contributed by atoms with Crippen molar-refractivity contribution >= 4 is 47.2 Å². The van der Waals surface area contributed by atoms with Gasteiger partial charge in [0, 0.05) is 56.6 Å². The molecule has 1 heterocycles. The van der Waals surface area contributed by atoms with Gasteiger partial charge < -0.3 is 58.7 Å². The number of nitrogens with one attached hydrogen (secondary N) is 2. The van der Waals surface area contributed by atoms with Gasteiger partial charge in [-0.05, 0) is 89.0 Å². The van der Waals surface area contributed by atoms with Crippen molar-refractivity contribution in [3.05, 3.63) is 119 Å². The van der Waals surface area contributed by atoms with Crippen LogP contribution in [-0.2, 0) is 66.7 Å². The summed E-state index contributed by atoms with van der Waals surface area (Å²) in [7, 11) is 1.78. The minimum absolute atomic E-state index is 0.0147. The van der Waals surface area contributed by atoms with Crippen molar-refractivity contribution in [1.82, 2.24) is 10.6 Å². The molecule has 2 saturated carbocycles. The maximum absolute atomic E-state index is 15.8. The molecule has 4 aliphatic rings. The van der Waals surface area contributed by atoms with E-state index in [2.05, 4.69) is 10.6 Å². The van der Waals surface area contributed by atoms with E-state index < -0.39 is 125 Å². The molecule has 3 fully saturated rings. The Balaban J connectivity index is 1.21. The lowest BCUT2D eigenvalue weighted by Gasteiger charge is -2.67. The fourth-order valence-electron chi connectivity index (χ4n) is 12.7. The van der Waals surface area contributed by atoms with Gasteiger partial charge in [0.1, 0.15) is 36.3 Å². The molecule has 0 unspecified atom stereocenters. The summed E-state index contributed by atoms with van der Waals surface area (Å²) in [6.07, 6.45) is -7.80. The summed E-state index contributed by atoms with van der Waals surface area (Å²) in [5.74, 6) is -8.82. The monoisotopic (exact) mass is 1150 g/mol. The van der Waals surface area contributed by atoms with Gasteiger partial charge in [0.15, 0.2) is 23.3 Å². The average molecular weight is 1150 g/mol. The van der Waals surface area contributed by atoms with Crippen LogP contribution in [0.4, 0.5) is 0 Å². The molecular formula is C63H80N2O18. The second-order valence-corrected chi connectivity index (χ2v) is 22.8. The highest BCUT2D eigenvalue weighted by Crippen LogP contribution is 2.64. The third-order valence-corrected chi connectivity index (χ3v) is 17.2. The molecule has 4 N–H and O–H groups in total. The zero-order valence-electron chi connectivity index (χ0n) is 48.7. The van der Waals surface area contributed by atoms with Gasteiger partial charge in [-0.15, -0.1) is 0 Å². The van der Waals surface area contributed by atoms with E-state index in [4.69, 9.17) is 37.9 Å². The average Bonchev–Trinajstić information content (AvgIpc) is 0.727. The van der Waals surface area contributed by atoms with Gasteiger partial charge in [0.05, 0.1) is 48.9 Å². The predicted octanol–water partition coefficient (Wildman–Crippen LogP) is 5.53. The van der Waals surface area contributed by atoms with E-state index in [1.165, 1.54) is 26.0 Å². The molecule has 2 bridgehead atoms. The largest absolute Gasteiger partial charge is 0.455 e. The molecule has 0 radical (unpaired) electrons. The Kier molecular flexibility index (Phi) is 21.5. The van der Waals surface area contributed by atoms with Crippen LogP contribution in [0.5, 0.6) is 0 Å². The molecule has 0 amide bonds. The topological polar surface area (TPSA) is 275 Å². The molecule has 450 valence electrons. The minimum atomic E-state index is -2.47. The number of benzene rings is 3. The first-order valence-electron chi connectivity index (χ1n) is 28.5. The fourth-order valence-corrected chi connectivity index (χ4v) is 12.7. The molecule has 1 aliphatic heterocycles. The predicted molar refractivity (Wildman–Crippen MR) is 300 cm³/mol. The number of fused-ring (bicyclic) bond motifs is 5. The Hall–Kier alpha value is -6.52. The van der Waals surface area contributed by atoms with E-state index in [1.54, 1.807) is 107 Å². The van der Waals surface area contributed by atoms with Gasteiger partial charge in [0.25, 0.3) is 0 Å². The summed E-state index contributed by atoms with van der Waals surface area (Å²) in [6.45, 7) is 10.9. The number of likely N-dealkylation sites (N-methyl/N-ethyl adjacent to an activating group) is 1. The lowest BCUT2D eigenvalue weighted by Crippen LogP contribution is -2.82. The Labute approximate surface area is 484 Å². The number of ketones is 3. The number of Topliss-reactive ketones (excluding diaryl/α,β-unsaturated/α-hetero) is 3. The molecule has 0 aromatic heterocycles. The lowest BCUT2D eigenvalue weighted by atomic mass is 9.44. The van der Waals surface area contributed by atoms with Crippen molar-refractivity contribution in [1.29, 1.82) is 0 Å². The van der Waals surface area contributed by atoms with Gasteiger partial charge in [-0.2, -0.15) is 0 Å². The molecule has 20 nitrogen and oxygen atoms in total. The Morgan fingerprint density at radius 2 is 1.40 bits per heavy atom. The normalized spacial score (nSPS) is 27.1. The molecule has 12 atom stereocenters. The number of carbonyl (C=O) groups is 8. The highest BCUT2D eigenvalue weighted by atomic mass is 16.6. The van der Waals surface area contributed by atoms with E-state index in [0.717, 1.165) is 39.7 Å². The number of esters is 5. The highest BCUT2D eigenvalue weighted by Gasteiger charge is 2.78. The summed E-state index contributed by atoms with van der Waals surface area (Å²) in [6, 6.07) is 24.5. The van der Waals surface area contributed by atoms with E-state index in [9.17, 15) is 39.0 Å². The van der Waals surface area contributed by atoms with Gasteiger partial charge in [-0.25, -0.2) is 14.4 Å². The van der Waals surface area contributed by atoms with Gasteiger partial charge in [-0.3, -0.25) is 24.0 Å². The fraction of sp³-hybridized carbons (Fsp3) is 0.556. The molecule has 7 rings (SSSR count). The van der Waals surface area contributed by atoms with Gasteiger partial charge in [0.2, 0.25) is 6.10 Å². The Bertz CT molecular complexity index is 2830. The van der Waals surface area contributed by atoms with Crippen LogP contribution in [0.3, 0.4) is 0 Å². The van der Waals surface area contributed by atoms with Crippen LogP contribution in [0.15, 0.2) is 102 Å². The number of aliphatic hydroxyl groups excluding tert-OH is 1. The van der Waals surface area contributed by atoms with Crippen LogP contribution in [0, 0.1) is 16.7 Å². The van der Waals surface area contributed by atoms with Crippen molar-refractivity contribution in [3.8, 4) is 0 Å². The highest BCUT2D eigenvalue weighted by molar-refractivity contribution is 5.98. The van der Waals surface area contributed by atoms with Crippen LogP contribution in [0.1, 0.15) is 126 Å². The van der Waals surface area contributed by atoms with Crippen LogP contribution >= 0.6 is 0 Å². The first kappa shape index (κ1) is 64.0. The smallest absolute Gasteiger partial charge is 0.348 e. The summed E-state index contributed by atoms with van der Waals surface area (Å²) >= 11 is 0. The number of aliphatic hydroxyl groups is 2. The van der Waals surface area contributed by atoms with E-state index in [-0.39, 0.29) is 61.2 Å². The van der Waals surface area contributed by atoms with Gasteiger partial charge >= 0.3 is 29.8 Å². The first-order valence-corrected chi connectivity index (χ1v) is 28.5. The van der Waals surface area contributed by atoms with E-state index in [1.807, 2.05) is 0 Å². The van der Waals surface area contributed by atoms with Gasteiger partial charge in [-0.1, -0.05) is 99.1 Å². The number of unbranched alkanes of at least 4 members (excludes halogenated alkanes) is 1. The lowest BCUT2D eigenvalue weighted by molar-refractivity contribution is -0.346. The molecule has 20 heteroatoms. The number of carbonyl (C=O) groups excluding carboxylic acids is 8. The zero-order chi connectivity index (χ0) is 60.3. The molecular weight excluding hydrogens is 1070 g/mol. The third kappa shape index (κ3) is 14.0. The number of rotatable bonds is 28.